The average molecular weight is 530 g/mol. The first-order valence-electron chi connectivity index (χ1n) is 10.5. The highest BCUT2D eigenvalue weighted by Crippen LogP contribution is 2.35. The highest BCUT2D eigenvalue weighted by molar-refractivity contribution is 9.10. The number of alkyl halides is 2. The smallest absolute Gasteiger partial charge is 0.387 e. The van der Waals surface area contributed by atoms with Gasteiger partial charge in [0.15, 0.2) is 0 Å². The monoisotopic (exact) mass is 529 g/mol. The Morgan fingerprint density at radius 1 is 1.00 bits per heavy atom. The van der Waals surface area contributed by atoms with E-state index in [9.17, 15) is 23.9 Å². The van der Waals surface area contributed by atoms with Crippen LogP contribution in [0.2, 0.25) is 0 Å². The number of carboxylic acids is 1. The molecule has 3 atom stereocenters. The van der Waals surface area contributed by atoms with Gasteiger partial charge in [-0.3, -0.25) is 4.79 Å². The molecule has 8 heteroatoms. The van der Waals surface area contributed by atoms with Crippen LogP contribution >= 0.6 is 15.9 Å². The van der Waals surface area contributed by atoms with Crippen molar-refractivity contribution < 1.29 is 28.2 Å². The number of nitrogens with zero attached hydrogens (tertiary/aromatic N) is 1. The lowest BCUT2D eigenvalue weighted by atomic mass is 9.80. The minimum atomic E-state index is -2.96. The van der Waals surface area contributed by atoms with Crippen molar-refractivity contribution in [3.05, 3.63) is 88.4 Å². The quantitative estimate of drug-likeness (QED) is 0.297. The molecule has 5 nitrogen and oxygen atoms in total. The number of rotatable bonds is 10. The standard InChI is InChI=1S/C26H22BrF2NO4/c1-16(24(25(31)32)17-5-9-22(10-6-17)34-26(28)29)13-19(15-30)18-3-2-4-23(14-18)33-21-11-7-20(27)8-12-21/h2-12,14,16,19,24,26H,13H2,1H3,(H,31,32)/t16?,19-,24?/m0/s1. The van der Waals surface area contributed by atoms with Gasteiger partial charge in [-0.25, -0.2) is 0 Å². The number of ether oxygens (including phenoxy) is 2. The maximum Gasteiger partial charge on any atom is 0.387 e. The first-order valence-corrected chi connectivity index (χ1v) is 11.3. The second kappa shape index (κ2) is 11.6. The zero-order valence-corrected chi connectivity index (χ0v) is 19.8. The van der Waals surface area contributed by atoms with Crippen molar-refractivity contribution in [3.63, 3.8) is 0 Å². The summed E-state index contributed by atoms with van der Waals surface area (Å²) in [6.07, 6.45) is 0.282. The molecule has 0 aliphatic heterocycles. The molecular weight excluding hydrogens is 508 g/mol. The number of carbonyl (C=O) groups is 1. The zero-order chi connectivity index (χ0) is 24.7. The normalized spacial score (nSPS) is 13.5. The molecule has 0 spiro atoms. The van der Waals surface area contributed by atoms with Crippen molar-refractivity contribution in [2.45, 2.75) is 31.8 Å². The molecule has 2 unspecified atom stereocenters. The molecule has 0 saturated heterocycles. The van der Waals surface area contributed by atoms with E-state index < -0.39 is 30.3 Å². The SMILES string of the molecule is CC(C[C@@H](C#N)c1cccc(Oc2ccc(Br)cc2)c1)C(C(=O)O)c1ccc(OC(F)F)cc1. The first-order chi connectivity index (χ1) is 16.3. The number of carboxylic acid groups (broad SMARTS) is 1. The van der Waals surface area contributed by atoms with Crippen LogP contribution in [0.1, 0.15) is 36.3 Å². The van der Waals surface area contributed by atoms with E-state index in [-0.39, 0.29) is 12.2 Å². The van der Waals surface area contributed by atoms with Crippen molar-refractivity contribution in [2.24, 2.45) is 5.92 Å². The molecule has 0 amide bonds. The Hall–Kier alpha value is -3.44. The zero-order valence-electron chi connectivity index (χ0n) is 18.2. The molecule has 0 aliphatic carbocycles. The largest absolute Gasteiger partial charge is 0.481 e. The summed E-state index contributed by atoms with van der Waals surface area (Å²) in [7, 11) is 0. The summed E-state index contributed by atoms with van der Waals surface area (Å²) in [5.41, 5.74) is 1.17. The fraction of sp³-hybridized carbons (Fsp3) is 0.231. The highest BCUT2D eigenvalue weighted by atomic mass is 79.9. The van der Waals surface area contributed by atoms with Crippen molar-refractivity contribution in [1.29, 1.82) is 5.26 Å². The Bertz CT molecular complexity index is 1150. The van der Waals surface area contributed by atoms with Crippen molar-refractivity contribution in [2.75, 3.05) is 0 Å². The van der Waals surface area contributed by atoms with Crippen LogP contribution in [0.15, 0.2) is 77.3 Å². The van der Waals surface area contributed by atoms with Crippen molar-refractivity contribution >= 4 is 21.9 Å². The molecule has 3 aromatic carbocycles. The van der Waals surface area contributed by atoms with Gasteiger partial charge < -0.3 is 14.6 Å². The fourth-order valence-corrected chi connectivity index (χ4v) is 4.04. The molecule has 3 rings (SSSR count). The summed E-state index contributed by atoms with van der Waals surface area (Å²) in [5, 5.41) is 19.7. The Kier molecular flexibility index (Phi) is 8.61. The second-order valence-corrected chi connectivity index (χ2v) is 8.70. The lowest BCUT2D eigenvalue weighted by molar-refractivity contribution is -0.140. The van der Waals surface area contributed by atoms with E-state index in [2.05, 4.69) is 26.7 Å². The predicted molar refractivity (Wildman–Crippen MR) is 126 cm³/mol. The predicted octanol–water partition coefficient (Wildman–Crippen LogP) is 7.34. The van der Waals surface area contributed by atoms with E-state index in [0.717, 1.165) is 4.47 Å². The molecule has 0 saturated carbocycles. The Balaban J connectivity index is 1.75. The summed E-state index contributed by atoms with van der Waals surface area (Å²) < 4.78 is 35.9. The summed E-state index contributed by atoms with van der Waals surface area (Å²) in [4.78, 5) is 12.0. The lowest BCUT2D eigenvalue weighted by Gasteiger charge is -2.23. The van der Waals surface area contributed by atoms with E-state index in [0.29, 0.717) is 22.6 Å². The number of benzene rings is 3. The molecule has 0 heterocycles. The highest BCUT2D eigenvalue weighted by Gasteiger charge is 2.29. The maximum absolute atomic E-state index is 12.4. The minimum absolute atomic E-state index is 0.0481. The van der Waals surface area contributed by atoms with Crippen LogP contribution in [0.25, 0.3) is 0 Å². The van der Waals surface area contributed by atoms with Gasteiger partial charge in [0, 0.05) is 4.47 Å². The maximum atomic E-state index is 12.4. The van der Waals surface area contributed by atoms with Gasteiger partial charge in [-0.2, -0.15) is 14.0 Å². The van der Waals surface area contributed by atoms with Crippen molar-refractivity contribution in [1.82, 2.24) is 0 Å². The third-order valence-corrected chi connectivity index (χ3v) is 5.90. The number of hydrogen-bond donors (Lipinski definition) is 1. The van der Waals surface area contributed by atoms with Crippen LogP contribution in [0.4, 0.5) is 8.78 Å². The Morgan fingerprint density at radius 3 is 2.24 bits per heavy atom. The summed E-state index contributed by atoms with van der Waals surface area (Å²) in [6, 6.07) is 22.3. The molecule has 0 radical (unpaired) electrons. The minimum Gasteiger partial charge on any atom is -0.481 e. The summed E-state index contributed by atoms with van der Waals surface area (Å²) in [6.45, 7) is -1.20. The Morgan fingerprint density at radius 2 is 1.65 bits per heavy atom. The molecule has 0 fully saturated rings. The number of nitriles is 1. The van der Waals surface area contributed by atoms with Crippen LogP contribution in [0.5, 0.6) is 17.2 Å². The van der Waals surface area contributed by atoms with Gasteiger partial charge >= 0.3 is 12.6 Å². The van der Waals surface area contributed by atoms with Crippen LogP contribution in [-0.4, -0.2) is 17.7 Å². The average Bonchev–Trinajstić information content (AvgIpc) is 2.80. The molecule has 0 aromatic heterocycles. The number of hydrogen-bond acceptors (Lipinski definition) is 4. The van der Waals surface area contributed by atoms with E-state index in [1.54, 1.807) is 31.2 Å². The van der Waals surface area contributed by atoms with Crippen molar-refractivity contribution in [3.8, 4) is 23.3 Å². The van der Waals surface area contributed by atoms with Crippen LogP contribution in [0, 0.1) is 17.2 Å². The van der Waals surface area contributed by atoms with Crippen LogP contribution in [0.3, 0.4) is 0 Å². The molecule has 0 aliphatic rings. The van der Waals surface area contributed by atoms with Crippen LogP contribution < -0.4 is 9.47 Å². The van der Waals surface area contributed by atoms with E-state index >= 15 is 0 Å². The molecule has 3 aromatic rings. The van der Waals surface area contributed by atoms with Crippen LogP contribution in [-0.2, 0) is 4.79 Å². The van der Waals surface area contributed by atoms with Gasteiger partial charge in [-0.05, 0) is 72.0 Å². The van der Waals surface area contributed by atoms with Gasteiger partial charge in [0.2, 0.25) is 0 Å². The third-order valence-electron chi connectivity index (χ3n) is 5.37. The summed E-state index contributed by atoms with van der Waals surface area (Å²) >= 11 is 3.38. The number of aliphatic carboxylic acids is 1. The topological polar surface area (TPSA) is 79.5 Å². The number of halogens is 3. The van der Waals surface area contributed by atoms with Gasteiger partial charge in [-0.1, -0.05) is 47.1 Å². The van der Waals surface area contributed by atoms with E-state index in [1.807, 2.05) is 24.3 Å². The fourth-order valence-electron chi connectivity index (χ4n) is 3.78. The van der Waals surface area contributed by atoms with Gasteiger partial charge in [0.25, 0.3) is 0 Å². The van der Waals surface area contributed by atoms with Gasteiger partial charge in [-0.15, -0.1) is 0 Å². The molecule has 34 heavy (non-hydrogen) atoms. The molecule has 1 N–H and O–H groups in total. The second-order valence-electron chi connectivity index (χ2n) is 7.79. The van der Waals surface area contributed by atoms with E-state index in [1.165, 1.54) is 24.3 Å². The molecular formula is C26H22BrF2NO4. The van der Waals surface area contributed by atoms with E-state index in [4.69, 9.17) is 4.74 Å². The van der Waals surface area contributed by atoms with Gasteiger partial charge in [0.05, 0.1) is 17.9 Å². The Labute approximate surface area is 204 Å². The third kappa shape index (κ3) is 6.78. The van der Waals surface area contributed by atoms with Gasteiger partial charge in [0.1, 0.15) is 17.2 Å². The summed E-state index contributed by atoms with van der Waals surface area (Å²) in [5.74, 6) is -1.79. The molecule has 0 bridgehead atoms. The molecule has 176 valence electrons. The first kappa shape index (κ1) is 25.2. The lowest BCUT2D eigenvalue weighted by Crippen LogP contribution is -2.21.